The Morgan fingerprint density at radius 2 is 1.43 bits per heavy atom. The molecule has 1 aromatic carbocycles. The smallest absolute Gasteiger partial charge is 0.331 e. The second-order valence-electron chi connectivity index (χ2n) is 5.43. The average Bonchev–Trinajstić information content (AvgIpc) is 2.53. The molecule has 0 saturated carbocycles. The van der Waals surface area contributed by atoms with E-state index in [1.54, 1.807) is 0 Å². The normalized spacial score (nSPS) is 19.5. The molecule has 3 rings (SSSR count). The summed E-state index contributed by atoms with van der Waals surface area (Å²) >= 11 is 0. The zero-order valence-corrected chi connectivity index (χ0v) is 13.0. The molecule has 1 aromatic rings. The molecule has 7 heteroatoms. The van der Waals surface area contributed by atoms with Crippen LogP contribution in [0.4, 0.5) is 5.69 Å². The first-order chi connectivity index (χ1) is 11.1. The highest BCUT2D eigenvalue weighted by atomic mass is 16.7. The van der Waals surface area contributed by atoms with Crippen molar-refractivity contribution in [3.8, 4) is 0 Å². The van der Waals surface area contributed by atoms with Crippen LogP contribution in [-0.4, -0.2) is 36.5 Å². The van der Waals surface area contributed by atoms with E-state index >= 15 is 0 Å². The maximum Gasteiger partial charge on any atom is 0.331 e. The Hall–Kier alpha value is -2.70. The van der Waals surface area contributed by atoms with Gasteiger partial charge in [0.15, 0.2) is 0 Å². The van der Waals surface area contributed by atoms with Crippen molar-refractivity contribution in [2.24, 2.45) is 10.3 Å². The van der Waals surface area contributed by atoms with Crippen molar-refractivity contribution in [2.45, 2.75) is 26.7 Å². The molecule has 0 aliphatic carbocycles. The molecule has 0 radical (unpaired) electrons. The summed E-state index contributed by atoms with van der Waals surface area (Å²) in [6, 6.07) is 5.79. The first-order valence-corrected chi connectivity index (χ1v) is 7.44. The lowest BCUT2D eigenvalue weighted by Gasteiger charge is -2.37. The Kier molecular flexibility index (Phi) is 4.10. The summed E-state index contributed by atoms with van der Waals surface area (Å²) in [5.74, 6) is -0.885. The molecular weight excluding hydrogens is 298 g/mol. The summed E-state index contributed by atoms with van der Waals surface area (Å²) < 4.78 is 0. The van der Waals surface area contributed by atoms with E-state index in [4.69, 9.17) is 9.68 Å². The Bertz CT molecular complexity index is 668. The molecule has 0 bridgehead atoms. The van der Waals surface area contributed by atoms with Gasteiger partial charge in [-0.25, -0.2) is 9.59 Å². The van der Waals surface area contributed by atoms with Crippen LogP contribution < -0.4 is 4.90 Å². The summed E-state index contributed by atoms with van der Waals surface area (Å²) in [5, 5.41) is 7.94. The first kappa shape index (κ1) is 15.2. The van der Waals surface area contributed by atoms with E-state index in [1.807, 2.05) is 18.2 Å². The number of carbonyl (C=O) groups is 2. The third-order valence-electron chi connectivity index (χ3n) is 3.78. The number of anilines is 1. The van der Waals surface area contributed by atoms with Crippen molar-refractivity contribution in [3.05, 3.63) is 29.3 Å². The molecule has 0 aromatic heterocycles. The molecule has 120 valence electrons. The van der Waals surface area contributed by atoms with Crippen LogP contribution >= 0.6 is 0 Å². The van der Waals surface area contributed by atoms with Gasteiger partial charge in [0.05, 0.1) is 17.1 Å². The van der Waals surface area contributed by atoms with Crippen molar-refractivity contribution in [2.75, 3.05) is 18.0 Å². The molecule has 2 heterocycles. The van der Waals surface area contributed by atoms with E-state index in [0.717, 1.165) is 41.3 Å². The van der Waals surface area contributed by atoms with Gasteiger partial charge in [-0.2, -0.15) is 0 Å². The highest BCUT2D eigenvalue weighted by Gasteiger charge is 2.30. The largest absolute Gasteiger partial charge is 0.370 e. The van der Waals surface area contributed by atoms with Gasteiger partial charge in [0, 0.05) is 50.9 Å². The number of carbonyl (C=O) groups excluding carboxylic acids is 2. The van der Waals surface area contributed by atoms with Gasteiger partial charge in [-0.3, -0.25) is 0 Å². The number of para-hydroxylation sites is 1. The Balaban J connectivity index is 2.03. The molecule has 2 aliphatic heterocycles. The fourth-order valence-corrected chi connectivity index (χ4v) is 2.86. The predicted molar refractivity (Wildman–Crippen MR) is 84.5 cm³/mol. The van der Waals surface area contributed by atoms with Gasteiger partial charge in [0.2, 0.25) is 0 Å². The third kappa shape index (κ3) is 3.08. The van der Waals surface area contributed by atoms with Gasteiger partial charge < -0.3 is 14.6 Å². The monoisotopic (exact) mass is 315 g/mol. The molecular formula is C16H17N3O4. The Labute approximate surface area is 133 Å². The molecule has 0 N–H and O–H groups in total. The quantitative estimate of drug-likeness (QED) is 0.614. The summed E-state index contributed by atoms with van der Waals surface area (Å²) in [6.45, 7) is 4.24. The molecule has 23 heavy (non-hydrogen) atoms. The minimum Gasteiger partial charge on any atom is -0.370 e. The van der Waals surface area contributed by atoms with Gasteiger partial charge in [0.25, 0.3) is 0 Å². The first-order valence-electron chi connectivity index (χ1n) is 7.44. The number of rotatable bonds is 2. The number of hydrogen-bond donors (Lipinski definition) is 0. The maximum absolute atomic E-state index is 11.0. The second-order valence-corrected chi connectivity index (χ2v) is 5.43. The van der Waals surface area contributed by atoms with Crippen LogP contribution in [0.3, 0.4) is 0 Å². The van der Waals surface area contributed by atoms with Crippen molar-refractivity contribution >= 4 is 29.0 Å². The van der Waals surface area contributed by atoms with Crippen LogP contribution in [0.1, 0.15) is 37.8 Å². The standard InChI is InChI=1S/C16H17N3O4/c1-10(20)22-17-14-6-8-19-9-7-15(18-23-11(2)21)13-5-3-4-12(14)16(13)19/h3-5H,6-9H2,1-2H3/b17-14+,18-15+. The van der Waals surface area contributed by atoms with E-state index in [-0.39, 0.29) is 0 Å². The lowest BCUT2D eigenvalue weighted by atomic mass is 9.90. The van der Waals surface area contributed by atoms with E-state index in [2.05, 4.69) is 15.2 Å². The third-order valence-corrected chi connectivity index (χ3v) is 3.78. The minimum atomic E-state index is -0.443. The number of nitrogens with zero attached hydrogens (tertiary/aromatic N) is 3. The summed E-state index contributed by atoms with van der Waals surface area (Å²) in [5.41, 5.74) is 4.32. The number of oxime groups is 2. The molecule has 0 unspecified atom stereocenters. The molecule has 7 nitrogen and oxygen atoms in total. The minimum absolute atomic E-state index is 0.443. The zero-order valence-electron chi connectivity index (χ0n) is 13.0. The highest BCUT2D eigenvalue weighted by molar-refractivity contribution is 6.15. The van der Waals surface area contributed by atoms with E-state index in [9.17, 15) is 9.59 Å². The molecule has 0 atom stereocenters. The van der Waals surface area contributed by atoms with Crippen LogP contribution in [0.2, 0.25) is 0 Å². The Morgan fingerprint density at radius 1 is 0.957 bits per heavy atom. The molecule has 0 saturated heterocycles. The molecule has 0 spiro atoms. The predicted octanol–water partition coefficient (Wildman–Crippen LogP) is 1.83. The highest BCUT2D eigenvalue weighted by Crippen LogP contribution is 2.35. The number of benzene rings is 1. The molecule has 2 aliphatic rings. The van der Waals surface area contributed by atoms with Gasteiger partial charge >= 0.3 is 11.9 Å². The summed E-state index contributed by atoms with van der Waals surface area (Å²) in [7, 11) is 0. The van der Waals surface area contributed by atoms with Crippen LogP contribution in [0.5, 0.6) is 0 Å². The van der Waals surface area contributed by atoms with Crippen LogP contribution in [-0.2, 0) is 19.3 Å². The van der Waals surface area contributed by atoms with Crippen molar-refractivity contribution in [1.82, 2.24) is 0 Å². The van der Waals surface area contributed by atoms with Crippen molar-refractivity contribution in [1.29, 1.82) is 0 Å². The van der Waals surface area contributed by atoms with Crippen LogP contribution in [0.25, 0.3) is 0 Å². The van der Waals surface area contributed by atoms with Gasteiger partial charge in [0.1, 0.15) is 0 Å². The van der Waals surface area contributed by atoms with Crippen LogP contribution in [0, 0.1) is 0 Å². The SMILES string of the molecule is CC(=O)O/N=C1\CCN2CC/C(=N\OC(C)=O)c3cccc1c32. The summed E-state index contributed by atoms with van der Waals surface area (Å²) in [4.78, 5) is 33.8. The van der Waals surface area contributed by atoms with Crippen LogP contribution in [0.15, 0.2) is 28.5 Å². The van der Waals surface area contributed by atoms with Gasteiger partial charge in [-0.15, -0.1) is 0 Å². The van der Waals surface area contributed by atoms with Crippen molar-refractivity contribution in [3.63, 3.8) is 0 Å². The topological polar surface area (TPSA) is 80.6 Å². The lowest BCUT2D eigenvalue weighted by Crippen LogP contribution is -2.39. The zero-order chi connectivity index (χ0) is 16.4. The Morgan fingerprint density at radius 3 is 1.87 bits per heavy atom. The maximum atomic E-state index is 11.0. The van der Waals surface area contributed by atoms with E-state index in [0.29, 0.717) is 12.8 Å². The van der Waals surface area contributed by atoms with Crippen molar-refractivity contribution < 1.29 is 19.3 Å². The van der Waals surface area contributed by atoms with Gasteiger partial charge in [-0.1, -0.05) is 28.5 Å². The fraction of sp³-hybridized carbons (Fsp3) is 0.375. The fourth-order valence-electron chi connectivity index (χ4n) is 2.86. The van der Waals surface area contributed by atoms with Gasteiger partial charge in [-0.05, 0) is 0 Å². The van der Waals surface area contributed by atoms with E-state index in [1.165, 1.54) is 13.8 Å². The summed E-state index contributed by atoms with van der Waals surface area (Å²) in [6.07, 6.45) is 1.42. The molecule has 0 fully saturated rings. The number of hydrogen-bond acceptors (Lipinski definition) is 7. The second kappa shape index (κ2) is 6.20. The lowest BCUT2D eigenvalue weighted by molar-refractivity contribution is -0.141. The van der Waals surface area contributed by atoms with E-state index < -0.39 is 11.9 Å². The average molecular weight is 315 g/mol. The molecule has 0 amide bonds.